The molecular formula is C23H14F3NO4. The zero-order valence-corrected chi connectivity index (χ0v) is 15.7. The number of halogens is 3. The number of alkyl halides is 3. The topological polar surface area (TPSA) is 79.5 Å². The van der Waals surface area contributed by atoms with Crippen LogP contribution in [-0.4, -0.2) is 17.0 Å². The Kier molecular flexibility index (Phi) is 4.98. The van der Waals surface area contributed by atoms with Crippen molar-refractivity contribution in [1.29, 1.82) is 0 Å². The van der Waals surface area contributed by atoms with Gasteiger partial charge < -0.3 is 14.8 Å². The molecule has 5 nitrogen and oxygen atoms in total. The maximum atomic E-state index is 12.7. The summed E-state index contributed by atoms with van der Waals surface area (Å²) in [6.45, 7) is 0. The summed E-state index contributed by atoms with van der Waals surface area (Å²) in [5.41, 5.74) is 0.0789. The van der Waals surface area contributed by atoms with E-state index in [9.17, 15) is 27.9 Å². The molecule has 31 heavy (non-hydrogen) atoms. The number of hydrogen-bond donors (Lipinski definition) is 2. The average Bonchev–Trinajstić information content (AvgIpc) is 3.17. The number of rotatable bonds is 4. The average molecular weight is 425 g/mol. The lowest BCUT2D eigenvalue weighted by Crippen LogP contribution is -2.15. The van der Waals surface area contributed by atoms with E-state index in [4.69, 9.17) is 4.42 Å². The molecular weight excluding hydrogens is 411 g/mol. The van der Waals surface area contributed by atoms with E-state index >= 15 is 0 Å². The van der Waals surface area contributed by atoms with Crippen LogP contribution in [-0.2, 0) is 6.18 Å². The molecule has 4 rings (SSSR count). The SMILES string of the molecule is O=C(Nc1cc(-c2cc3ccccc3o2)ccc1C(=O)O)c1ccc(C(F)(F)F)cc1. The normalized spacial score (nSPS) is 11.5. The second-order valence-corrected chi connectivity index (χ2v) is 6.74. The van der Waals surface area contributed by atoms with Gasteiger partial charge in [-0.15, -0.1) is 0 Å². The van der Waals surface area contributed by atoms with Crippen LogP contribution in [0.2, 0.25) is 0 Å². The first-order valence-electron chi connectivity index (χ1n) is 9.07. The summed E-state index contributed by atoms with van der Waals surface area (Å²) in [7, 11) is 0. The maximum absolute atomic E-state index is 12.7. The highest BCUT2D eigenvalue weighted by molar-refractivity contribution is 6.08. The van der Waals surface area contributed by atoms with E-state index in [2.05, 4.69) is 5.32 Å². The molecule has 0 aliphatic heterocycles. The number of hydrogen-bond acceptors (Lipinski definition) is 3. The fraction of sp³-hybridized carbons (Fsp3) is 0.0435. The molecule has 156 valence electrons. The molecule has 0 aliphatic carbocycles. The molecule has 1 amide bonds. The van der Waals surface area contributed by atoms with Crippen LogP contribution in [0.3, 0.4) is 0 Å². The van der Waals surface area contributed by atoms with Crippen molar-refractivity contribution < 1.29 is 32.3 Å². The number of nitrogens with one attached hydrogen (secondary N) is 1. The van der Waals surface area contributed by atoms with Gasteiger partial charge in [0.1, 0.15) is 11.3 Å². The smallest absolute Gasteiger partial charge is 0.416 e. The molecule has 0 aliphatic rings. The summed E-state index contributed by atoms with van der Waals surface area (Å²) in [6.07, 6.45) is -4.52. The first-order valence-corrected chi connectivity index (χ1v) is 9.07. The molecule has 0 bridgehead atoms. The van der Waals surface area contributed by atoms with Gasteiger partial charge in [0.15, 0.2) is 0 Å². The molecule has 8 heteroatoms. The quantitative estimate of drug-likeness (QED) is 0.416. The fourth-order valence-electron chi connectivity index (χ4n) is 3.12. The third-order valence-electron chi connectivity index (χ3n) is 4.68. The van der Waals surface area contributed by atoms with Gasteiger partial charge in [0, 0.05) is 16.5 Å². The van der Waals surface area contributed by atoms with E-state index in [1.54, 1.807) is 18.2 Å². The third-order valence-corrected chi connectivity index (χ3v) is 4.68. The van der Waals surface area contributed by atoms with E-state index in [-0.39, 0.29) is 16.8 Å². The summed E-state index contributed by atoms with van der Waals surface area (Å²) >= 11 is 0. The minimum atomic E-state index is -4.52. The number of carboxylic acids is 1. The van der Waals surface area contributed by atoms with Crippen LogP contribution in [0.15, 0.2) is 77.2 Å². The summed E-state index contributed by atoms with van der Waals surface area (Å²) in [6, 6.07) is 17.1. The number of benzene rings is 3. The standard InChI is InChI=1S/C23H14F3NO4/c24-23(25,26)16-8-5-13(6-9-16)21(28)27-18-11-15(7-10-17(18)22(29)30)20-12-14-3-1-2-4-19(14)31-20/h1-12H,(H,27,28)(H,29,30). The highest BCUT2D eigenvalue weighted by Gasteiger charge is 2.30. The minimum Gasteiger partial charge on any atom is -0.478 e. The zero-order chi connectivity index (χ0) is 22.2. The van der Waals surface area contributed by atoms with Crippen LogP contribution >= 0.6 is 0 Å². The lowest BCUT2D eigenvalue weighted by atomic mass is 10.1. The Labute approximate surface area is 173 Å². The Morgan fingerprint density at radius 2 is 1.61 bits per heavy atom. The Balaban J connectivity index is 1.67. The molecule has 0 atom stereocenters. The van der Waals surface area contributed by atoms with Crippen molar-refractivity contribution in [3.63, 3.8) is 0 Å². The lowest BCUT2D eigenvalue weighted by molar-refractivity contribution is -0.137. The predicted molar refractivity (Wildman–Crippen MR) is 108 cm³/mol. The number of carbonyl (C=O) groups is 2. The maximum Gasteiger partial charge on any atom is 0.416 e. The number of furan rings is 1. The van der Waals surface area contributed by atoms with Gasteiger partial charge in [-0.1, -0.05) is 24.3 Å². The molecule has 0 spiro atoms. The van der Waals surface area contributed by atoms with Crippen LogP contribution in [0.1, 0.15) is 26.3 Å². The van der Waals surface area contributed by atoms with E-state index in [0.717, 1.165) is 29.7 Å². The highest BCUT2D eigenvalue weighted by Crippen LogP contribution is 2.32. The largest absolute Gasteiger partial charge is 0.478 e. The molecule has 3 aromatic carbocycles. The van der Waals surface area contributed by atoms with Gasteiger partial charge >= 0.3 is 12.1 Å². The minimum absolute atomic E-state index is 0.00430. The number of carboxylic acid groups (broad SMARTS) is 1. The number of aromatic carboxylic acids is 1. The Bertz CT molecular complexity index is 1260. The number of fused-ring (bicyclic) bond motifs is 1. The summed E-state index contributed by atoms with van der Waals surface area (Å²) in [5, 5.41) is 12.8. The third kappa shape index (κ3) is 4.13. The number of carbonyl (C=O) groups excluding carboxylic acids is 1. The molecule has 1 aromatic heterocycles. The molecule has 0 saturated heterocycles. The van der Waals surface area contributed by atoms with Crippen LogP contribution in [0.5, 0.6) is 0 Å². The first kappa shape index (κ1) is 20.2. The van der Waals surface area contributed by atoms with Gasteiger partial charge in [-0.25, -0.2) is 4.79 Å². The molecule has 1 heterocycles. The highest BCUT2D eigenvalue weighted by atomic mass is 19.4. The van der Waals surface area contributed by atoms with E-state index < -0.39 is 23.6 Å². The molecule has 4 aromatic rings. The van der Waals surface area contributed by atoms with Crippen molar-refractivity contribution in [2.45, 2.75) is 6.18 Å². The zero-order valence-electron chi connectivity index (χ0n) is 15.7. The van der Waals surface area contributed by atoms with Gasteiger partial charge in [-0.2, -0.15) is 13.2 Å². The van der Waals surface area contributed by atoms with Crippen LogP contribution in [0, 0.1) is 0 Å². The van der Waals surface area contributed by atoms with E-state index in [1.165, 1.54) is 12.1 Å². The molecule has 0 saturated carbocycles. The fourth-order valence-corrected chi connectivity index (χ4v) is 3.12. The van der Waals surface area contributed by atoms with Crippen molar-refractivity contribution in [2.75, 3.05) is 5.32 Å². The van der Waals surface area contributed by atoms with Crippen molar-refractivity contribution in [2.24, 2.45) is 0 Å². The summed E-state index contributed by atoms with van der Waals surface area (Å²) in [4.78, 5) is 24.1. The van der Waals surface area contributed by atoms with Crippen LogP contribution in [0.4, 0.5) is 18.9 Å². The van der Waals surface area contributed by atoms with Gasteiger partial charge in [-0.05, 0) is 48.5 Å². The van der Waals surface area contributed by atoms with Gasteiger partial charge in [0.05, 0.1) is 16.8 Å². The second kappa shape index (κ2) is 7.64. The second-order valence-electron chi connectivity index (χ2n) is 6.74. The Morgan fingerprint density at radius 3 is 2.26 bits per heavy atom. The molecule has 2 N–H and O–H groups in total. The monoisotopic (exact) mass is 425 g/mol. The van der Waals surface area contributed by atoms with Crippen molar-refractivity contribution in [1.82, 2.24) is 0 Å². The number of anilines is 1. The van der Waals surface area contributed by atoms with Crippen molar-refractivity contribution >= 4 is 28.5 Å². The predicted octanol–water partition coefficient (Wildman–Crippen LogP) is 6.07. The molecule has 0 unspecified atom stereocenters. The molecule has 0 fully saturated rings. The lowest BCUT2D eigenvalue weighted by Gasteiger charge is -2.11. The Morgan fingerprint density at radius 1 is 0.903 bits per heavy atom. The summed E-state index contributed by atoms with van der Waals surface area (Å²) < 4.78 is 43.9. The van der Waals surface area contributed by atoms with Gasteiger partial charge in [0.25, 0.3) is 5.91 Å². The van der Waals surface area contributed by atoms with Crippen LogP contribution < -0.4 is 5.32 Å². The van der Waals surface area contributed by atoms with E-state index in [1.807, 2.05) is 18.2 Å². The number of amides is 1. The van der Waals surface area contributed by atoms with Crippen molar-refractivity contribution in [3.05, 3.63) is 89.5 Å². The number of para-hydroxylation sites is 1. The first-order chi connectivity index (χ1) is 14.7. The van der Waals surface area contributed by atoms with Gasteiger partial charge in [-0.3, -0.25) is 4.79 Å². The Hall–Kier alpha value is -4.07. The van der Waals surface area contributed by atoms with Crippen molar-refractivity contribution in [3.8, 4) is 11.3 Å². The van der Waals surface area contributed by atoms with Gasteiger partial charge in [0.2, 0.25) is 0 Å². The molecule has 0 radical (unpaired) electrons. The van der Waals surface area contributed by atoms with Crippen LogP contribution in [0.25, 0.3) is 22.3 Å². The van der Waals surface area contributed by atoms with E-state index in [0.29, 0.717) is 16.9 Å². The summed E-state index contributed by atoms with van der Waals surface area (Å²) in [5.74, 6) is -1.53.